The largest absolute Gasteiger partial charge is 0.478 e. The highest BCUT2D eigenvalue weighted by Gasteiger charge is 2.38. The van der Waals surface area contributed by atoms with Crippen molar-refractivity contribution in [2.75, 3.05) is 6.26 Å². The molecule has 1 aromatic carbocycles. The number of rotatable bonds is 4. The molecular weight excluding hydrogens is 309 g/mol. The molecule has 1 aromatic rings. The molecule has 0 atom stereocenters. The number of hydrogen-bond acceptors (Lipinski definition) is 4. The van der Waals surface area contributed by atoms with Gasteiger partial charge in [-0.05, 0) is 32.2 Å². The fourth-order valence-electron chi connectivity index (χ4n) is 1.67. The molecule has 21 heavy (non-hydrogen) atoms. The van der Waals surface area contributed by atoms with E-state index in [1.807, 2.05) is 0 Å². The van der Waals surface area contributed by atoms with Crippen LogP contribution in [0.5, 0.6) is 0 Å². The Morgan fingerprint density at radius 3 is 2.24 bits per heavy atom. The maximum atomic E-state index is 13.0. The van der Waals surface area contributed by atoms with Gasteiger partial charge in [-0.2, -0.15) is 13.2 Å². The van der Waals surface area contributed by atoms with Crippen LogP contribution in [0.1, 0.15) is 40.1 Å². The first-order valence-electron chi connectivity index (χ1n) is 5.82. The van der Waals surface area contributed by atoms with Crippen molar-refractivity contribution in [1.29, 1.82) is 0 Å². The van der Waals surface area contributed by atoms with Crippen LogP contribution in [-0.4, -0.2) is 29.4 Å². The number of carbonyl (C=O) groups is 2. The summed E-state index contributed by atoms with van der Waals surface area (Å²) in [5.74, 6) is -2.60. The van der Waals surface area contributed by atoms with E-state index in [2.05, 4.69) is 0 Å². The van der Waals surface area contributed by atoms with Gasteiger partial charge in [-0.3, -0.25) is 0 Å². The predicted molar refractivity (Wildman–Crippen MR) is 70.7 cm³/mol. The minimum absolute atomic E-state index is 0.261. The van der Waals surface area contributed by atoms with Gasteiger partial charge in [-0.15, -0.1) is 11.8 Å². The summed E-state index contributed by atoms with van der Waals surface area (Å²) in [6, 6.07) is 1.42. The van der Waals surface area contributed by atoms with Crippen molar-refractivity contribution in [3.8, 4) is 0 Å². The molecule has 0 aliphatic rings. The molecule has 0 saturated carbocycles. The second-order valence-corrected chi connectivity index (χ2v) is 5.14. The van der Waals surface area contributed by atoms with Gasteiger partial charge in [0.2, 0.25) is 0 Å². The number of halogens is 3. The van der Waals surface area contributed by atoms with Gasteiger partial charge in [0.05, 0.1) is 22.8 Å². The molecule has 0 spiro atoms. The maximum absolute atomic E-state index is 13.0. The Hall–Kier alpha value is -1.70. The number of carbonyl (C=O) groups excluding carboxylic acids is 1. The van der Waals surface area contributed by atoms with Crippen LogP contribution in [0.25, 0.3) is 0 Å². The van der Waals surface area contributed by atoms with Crippen LogP contribution in [0.4, 0.5) is 13.2 Å². The van der Waals surface area contributed by atoms with Crippen molar-refractivity contribution in [3.63, 3.8) is 0 Å². The van der Waals surface area contributed by atoms with Crippen molar-refractivity contribution in [2.45, 2.75) is 31.0 Å². The summed E-state index contributed by atoms with van der Waals surface area (Å²) in [4.78, 5) is 22.8. The highest BCUT2D eigenvalue weighted by molar-refractivity contribution is 7.98. The summed E-state index contributed by atoms with van der Waals surface area (Å²) >= 11 is 0.754. The number of carboxylic acids is 1. The Morgan fingerprint density at radius 1 is 1.29 bits per heavy atom. The molecule has 0 aliphatic carbocycles. The molecule has 0 unspecified atom stereocenters. The van der Waals surface area contributed by atoms with Gasteiger partial charge in [-0.1, -0.05) is 0 Å². The number of esters is 1. The zero-order valence-corrected chi connectivity index (χ0v) is 12.3. The molecule has 4 nitrogen and oxygen atoms in total. The van der Waals surface area contributed by atoms with Crippen molar-refractivity contribution in [3.05, 3.63) is 28.8 Å². The van der Waals surface area contributed by atoms with Crippen molar-refractivity contribution < 1.29 is 32.6 Å². The minimum Gasteiger partial charge on any atom is -0.478 e. The van der Waals surface area contributed by atoms with Gasteiger partial charge in [0.25, 0.3) is 0 Å². The highest BCUT2D eigenvalue weighted by atomic mass is 32.2. The lowest BCUT2D eigenvalue weighted by molar-refractivity contribution is -0.138. The summed E-state index contributed by atoms with van der Waals surface area (Å²) in [6.45, 7) is 2.98. The fourth-order valence-corrected chi connectivity index (χ4v) is 2.45. The third-order valence-electron chi connectivity index (χ3n) is 2.44. The molecule has 0 aromatic heterocycles. The van der Waals surface area contributed by atoms with E-state index in [-0.39, 0.29) is 10.5 Å². The smallest absolute Gasteiger partial charge is 0.417 e. The van der Waals surface area contributed by atoms with E-state index in [0.29, 0.717) is 6.07 Å². The summed E-state index contributed by atoms with van der Waals surface area (Å²) in [5.41, 5.74) is -2.34. The number of ether oxygens (including phenoxy) is 1. The summed E-state index contributed by atoms with van der Waals surface area (Å²) in [6.07, 6.45) is -4.01. The Labute approximate surface area is 123 Å². The SMILES string of the molecule is CSc1c(C(=O)O)ccc(C(F)(F)F)c1C(=O)OC(C)C. The Kier molecular flexibility index (Phi) is 5.27. The first-order valence-corrected chi connectivity index (χ1v) is 7.04. The third-order valence-corrected chi connectivity index (χ3v) is 3.28. The van der Waals surface area contributed by atoms with Gasteiger partial charge >= 0.3 is 18.1 Å². The highest BCUT2D eigenvalue weighted by Crippen LogP contribution is 2.38. The zero-order chi connectivity index (χ0) is 16.4. The number of carboxylic acid groups (broad SMARTS) is 1. The molecule has 0 bridgehead atoms. The van der Waals surface area contributed by atoms with Gasteiger partial charge < -0.3 is 9.84 Å². The van der Waals surface area contributed by atoms with Crippen LogP contribution in [-0.2, 0) is 10.9 Å². The van der Waals surface area contributed by atoms with Gasteiger partial charge in [0.15, 0.2) is 0 Å². The topological polar surface area (TPSA) is 63.6 Å². The number of thioether (sulfide) groups is 1. The molecule has 0 saturated heterocycles. The molecular formula is C13H13F3O4S. The average molecular weight is 322 g/mol. The third kappa shape index (κ3) is 3.90. The minimum atomic E-state index is -4.78. The lowest BCUT2D eigenvalue weighted by Crippen LogP contribution is -2.20. The van der Waals surface area contributed by atoms with Crippen LogP contribution in [0.15, 0.2) is 17.0 Å². The van der Waals surface area contributed by atoms with Gasteiger partial charge in [0.1, 0.15) is 0 Å². The number of aromatic carboxylic acids is 1. The van der Waals surface area contributed by atoms with E-state index in [9.17, 15) is 22.8 Å². The van der Waals surface area contributed by atoms with Crippen LogP contribution < -0.4 is 0 Å². The Bertz CT molecular complexity index is 567. The zero-order valence-electron chi connectivity index (χ0n) is 11.4. The fraction of sp³-hybridized carbons (Fsp3) is 0.385. The van der Waals surface area contributed by atoms with E-state index in [4.69, 9.17) is 9.84 Å². The first-order chi connectivity index (χ1) is 9.59. The molecule has 0 amide bonds. The van der Waals surface area contributed by atoms with Gasteiger partial charge in [-0.25, -0.2) is 9.59 Å². The van der Waals surface area contributed by atoms with E-state index in [1.54, 1.807) is 0 Å². The summed E-state index contributed by atoms with van der Waals surface area (Å²) in [5, 5.41) is 9.03. The summed E-state index contributed by atoms with van der Waals surface area (Å²) < 4.78 is 43.9. The molecule has 0 radical (unpaired) electrons. The number of benzene rings is 1. The van der Waals surface area contributed by atoms with Crippen LogP contribution in [0, 0.1) is 0 Å². The molecule has 0 heterocycles. The molecule has 0 aliphatic heterocycles. The molecule has 1 N–H and O–H groups in total. The van der Waals surface area contributed by atoms with Crippen molar-refractivity contribution >= 4 is 23.7 Å². The lowest BCUT2D eigenvalue weighted by Gasteiger charge is -2.18. The molecule has 1 rings (SSSR count). The van der Waals surface area contributed by atoms with E-state index >= 15 is 0 Å². The van der Waals surface area contributed by atoms with E-state index < -0.39 is 35.3 Å². The van der Waals surface area contributed by atoms with Crippen molar-refractivity contribution in [2.24, 2.45) is 0 Å². The number of alkyl halides is 3. The molecule has 116 valence electrons. The summed E-state index contributed by atoms with van der Waals surface area (Å²) in [7, 11) is 0. The Morgan fingerprint density at radius 2 is 1.86 bits per heavy atom. The average Bonchev–Trinajstić information content (AvgIpc) is 2.34. The Balaban J connectivity index is 3.62. The maximum Gasteiger partial charge on any atom is 0.417 e. The second-order valence-electron chi connectivity index (χ2n) is 4.33. The van der Waals surface area contributed by atoms with Crippen LogP contribution >= 0.6 is 11.8 Å². The van der Waals surface area contributed by atoms with Crippen LogP contribution in [0.2, 0.25) is 0 Å². The quantitative estimate of drug-likeness (QED) is 0.676. The first kappa shape index (κ1) is 17.4. The van der Waals surface area contributed by atoms with E-state index in [0.717, 1.165) is 17.8 Å². The lowest BCUT2D eigenvalue weighted by atomic mass is 10.0. The monoisotopic (exact) mass is 322 g/mol. The molecule has 8 heteroatoms. The van der Waals surface area contributed by atoms with Crippen LogP contribution in [0.3, 0.4) is 0 Å². The number of hydrogen-bond donors (Lipinski definition) is 1. The van der Waals surface area contributed by atoms with E-state index in [1.165, 1.54) is 20.1 Å². The standard InChI is InChI=1S/C13H13F3O4S/c1-6(2)20-12(19)9-8(13(14,15)16)5-4-7(11(17)18)10(9)21-3/h4-6H,1-3H3,(H,17,18). The second kappa shape index (κ2) is 6.38. The van der Waals surface area contributed by atoms with Crippen molar-refractivity contribution in [1.82, 2.24) is 0 Å². The predicted octanol–water partition coefficient (Wildman–Crippen LogP) is 3.69. The van der Waals surface area contributed by atoms with Gasteiger partial charge in [0, 0.05) is 4.90 Å². The molecule has 0 fully saturated rings. The normalized spacial score (nSPS) is 11.6.